The number of hydrogen-bond donors (Lipinski definition) is 1. The molecule has 1 N–H and O–H groups in total. The number of likely N-dealkylation sites (N-methyl/N-ethyl adjacent to an activating group) is 1. The van der Waals surface area contributed by atoms with Crippen molar-refractivity contribution in [3.63, 3.8) is 0 Å². The van der Waals surface area contributed by atoms with Crippen molar-refractivity contribution in [1.29, 1.82) is 5.26 Å². The van der Waals surface area contributed by atoms with Gasteiger partial charge in [-0.2, -0.15) is 5.26 Å². The monoisotopic (exact) mass is 230 g/mol. The summed E-state index contributed by atoms with van der Waals surface area (Å²) in [6.45, 7) is 0.665. The summed E-state index contributed by atoms with van der Waals surface area (Å²) in [4.78, 5) is 17.1. The Labute approximate surface area is 100 Å². The van der Waals surface area contributed by atoms with E-state index in [1.807, 2.05) is 6.07 Å². The normalized spacial score (nSPS) is 19.9. The van der Waals surface area contributed by atoms with E-state index < -0.39 is 0 Å². The number of nitrogens with one attached hydrogen (secondary N) is 1. The maximum atomic E-state index is 11.3. The highest BCUT2D eigenvalue weighted by Crippen LogP contribution is 2.17. The van der Waals surface area contributed by atoms with E-state index in [1.54, 1.807) is 24.2 Å². The number of pyridine rings is 1. The van der Waals surface area contributed by atoms with Crippen molar-refractivity contribution in [2.45, 2.75) is 18.9 Å². The van der Waals surface area contributed by atoms with Gasteiger partial charge < -0.3 is 10.2 Å². The van der Waals surface area contributed by atoms with Crippen LogP contribution in [0.25, 0.3) is 0 Å². The van der Waals surface area contributed by atoms with Crippen LogP contribution in [-0.2, 0) is 4.79 Å². The zero-order valence-corrected chi connectivity index (χ0v) is 9.68. The number of amides is 1. The molecule has 1 atom stereocenters. The van der Waals surface area contributed by atoms with Gasteiger partial charge in [0, 0.05) is 32.3 Å². The first kappa shape index (κ1) is 11.4. The molecule has 0 bridgehead atoms. The standard InChI is InChI=1S/C12H14N4O/c1-16-8-9(4-5-12(16)17)15-10-3-2-6-14-11(10)7-13/h2-3,6,9,15H,4-5,8H2,1H3. The van der Waals surface area contributed by atoms with E-state index in [0.717, 1.165) is 12.1 Å². The minimum atomic E-state index is 0.176. The predicted octanol–water partition coefficient (Wildman–Crippen LogP) is 0.986. The molecule has 1 saturated heterocycles. The van der Waals surface area contributed by atoms with Gasteiger partial charge in [0.05, 0.1) is 5.69 Å². The Morgan fingerprint density at radius 2 is 2.47 bits per heavy atom. The van der Waals surface area contributed by atoms with Crippen LogP contribution in [0.5, 0.6) is 0 Å². The summed E-state index contributed by atoms with van der Waals surface area (Å²) in [6, 6.07) is 5.87. The van der Waals surface area contributed by atoms with Crippen molar-refractivity contribution in [2.24, 2.45) is 0 Å². The van der Waals surface area contributed by atoms with Crippen LogP contribution in [0.15, 0.2) is 18.3 Å². The molecule has 1 unspecified atom stereocenters. The van der Waals surface area contributed by atoms with Gasteiger partial charge in [-0.05, 0) is 18.6 Å². The van der Waals surface area contributed by atoms with Gasteiger partial charge in [0.1, 0.15) is 6.07 Å². The molecule has 0 aromatic carbocycles. The molecule has 0 saturated carbocycles. The molecule has 17 heavy (non-hydrogen) atoms. The topological polar surface area (TPSA) is 69.0 Å². The molecule has 0 radical (unpaired) electrons. The van der Waals surface area contributed by atoms with E-state index in [2.05, 4.69) is 16.4 Å². The number of nitrogens with zero attached hydrogens (tertiary/aromatic N) is 3. The molecular weight excluding hydrogens is 216 g/mol. The number of carbonyl (C=O) groups excluding carboxylic acids is 1. The SMILES string of the molecule is CN1CC(Nc2cccnc2C#N)CCC1=O. The van der Waals surface area contributed by atoms with E-state index in [9.17, 15) is 4.79 Å². The summed E-state index contributed by atoms with van der Waals surface area (Å²) in [5, 5.41) is 12.2. The summed E-state index contributed by atoms with van der Waals surface area (Å²) < 4.78 is 0. The van der Waals surface area contributed by atoms with Crippen molar-refractivity contribution in [3.05, 3.63) is 24.0 Å². The lowest BCUT2D eigenvalue weighted by Crippen LogP contribution is -2.43. The smallest absolute Gasteiger partial charge is 0.222 e. The van der Waals surface area contributed by atoms with Crippen molar-refractivity contribution in [1.82, 2.24) is 9.88 Å². The van der Waals surface area contributed by atoms with Gasteiger partial charge in [0.15, 0.2) is 5.69 Å². The fraction of sp³-hybridized carbons (Fsp3) is 0.417. The molecule has 1 amide bonds. The number of rotatable bonds is 2. The molecule has 88 valence electrons. The molecule has 0 spiro atoms. The molecular formula is C12H14N4O. The molecule has 2 rings (SSSR count). The van der Waals surface area contributed by atoms with Crippen LogP contribution in [0.3, 0.4) is 0 Å². The third-order valence-electron chi connectivity index (χ3n) is 2.90. The largest absolute Gasteiger partial charge is 0.378 e. The number of piperidine rings is 1. The summed E-state index contributed by atoms with van der Waals surface area (Å²) in [7, 11) is 1.80. The fourth-order valence-corrected chi connectivity index (χ4v) is 1.96. The van der Waals surface area contributed by atoms with Crippen LogP contribution in [0.4, 0.5) is 5.69 Å². The summed E-state index contributed by atoms with van der Waals surface area (Å²) in [5.74, 6) is 0.176. The lowest BCUT2D eigenvalue weighted by molar-refractivity contribution is -0.132. The van der Waals surface area contributed by atoms with E-state index >= 15 is 0 Å². The Morgan fingerprint density at radius 1 is 1.65 bits per heavy atom. The lowest BCUT2D eigenvalue weighted by Gasteiger charge is -2.30. The summed E-state index contributed by atoms with van der Waals surface area (Å²) >= 11 is 0. The molecule has 0 aliphatic carbocycles. The van der Waals surface area contributed by atoms with Gasteiger partial charge in [-0.3, -0.25) is 4.79 Å². The highest BCUT2D eigenvalue weighted by Gasteiger charge is 2.23. The van der Waals surface area contributed by atoms with Crippen molar-refractivity contribution < 1.29 is 4.79 Å². The Morgan fingerprint density at radius 3 is 3.18 bits per heavy atom. The molecule has 1 aliphatic rings. The average molecular weight is 230 g/mol. The maximum Gasteiger partial charge on any atom is 0.222 e. The Bertz CT molecular complexity index is 466. The zero-order chi connectivity index (χ0) is 12.3. The number of anilines is 1. The maximum absolute atomic E-state index is 11.3. The van der Waals surface area contributed by atoms with Crippen LogP contribution in [0, 0.1) is 11.3 Å². The number of aromatic nitrogens is 1. The Balaban J connectivity index is 2.07. The lowest BCUT2D eigenvalue weighted by atomic mass is 10.1. The fourth-order valence-electron chi connectivity index (χ4n) is 1.96. The second-order valence-electron chi connectivity index (χ2n) is 4.17. The van der Waals surface area contributed by atoms with Crippen LogP contribution in [0.2, 0.25) is 0 Å². The Kier molecular flexibility index (Phi) is 3.24. The predicted molar refractivity (Wildman–Crippen MR) is 63.2 cm³/mol. The molecule has 1 aromatic rings. The first-order chi connectivity index (χ1) is 8.20. The first-order valence-corrected chi connectivity index (χ1v) is 5.56. The van der Waals surface area contributed by atoms with Crippen molar-refractivity contribution >= 4 is 11.6 Å². The van der Waals surface area contributed by atoms with Gasteiger partial charge in [-0.25, -0.2) is 4.98 Å². The van der Waals surface area contributed by atoms with Crippen molar-refractivity contribution in [2.75, 3.05) is 18.9 Å². The quantitative estimate of drug-likeness (QED) is 0.822. The second-order valence-corrected chi connectivity index (χ2v) is 4.17. The molecule has 5 nitrogen and oxygen atoms in total. The number of carbonyl (C=O) groups is 1. The van der Waals surface area contributed by atoms with Gasteiger partial charge in [-0.1, -0.05) is 0 Å². The summed E-state index contributed by atoms with van der Waals surface area (Å²) in [5.41, 5.74) is 1.13. The average Bonchev–Trinajstić information content (AvgIpc) is 2.34. The number of nitriles is 1. The minimum absolute atomic E-state index is 0.176. The van der Waals surface area contributed by atoms with Crippen LogP contribution in [-0.4, -0.2) is 35.4 Å². The third-order valence-corrected chi connectivity index (χ3v) is 2.90. The van der Waals surface area contributed by atoms with Crippen LogP contribution < -0.4 is 5.32 Å². The molecule has 1 fully saturated rings. The summed E-state index contributed by atoms with van der Waals surface area (Å²) in [6.07, 6.45) is 2.94. The Hall–Kier alpha value is -2.09. The first-order valence-electron chi connectivity index (χ1n) is 5.56. The molecule has 1 aliphatic heterocycles. The van der Waals surface area contributed by atoms with E-state index in [0.29, 0.717) is 18.7 Å². The third kappa shape index (κ3) is 2.53. The van der Waals surface area contributed by atoms with Gasteiger partial charge in [0.2, 0.25) is 5.91 Å². The second kappa shape index (κ2) is 4.83. The molecule has 2 heterocycles. The number of hydrogen-bond acceptors (Lipinski definition) is 4. The van der Waals surface area contributed by atoms with E-state index in [-0.39, 0.29) is 11.9 Å². The minimum Gasteiger partial charge on any atom is -0.378 e. The molecule has 1 aromatic heterocycles. The number of likely N-dealkylation sites (tertiary alicyclic amines) is 1. The highest BCUT2D eigenvalue weighted by atomic mass is 16.2. The van der Waals surface area contributed by atoms with Gasteiger partial charge >= 0.3 is 0 Å². The van der Waals surface area contributed by atoms with Gasteiger partial charge in [0.25, 0.3) is 0 Å². The van der Waals surface area contributed by atoms with Crippen LogP contribution >= 0.6 is 0 Å². The highest BCUT2D eigenvalue weighted by molar-refractivity contribution is 5.77. The van der Waals surface area contributed by atoms with E-state index in [1.165, 1.54) is 0 Å². The van der Waals surface area contributed by atoms with E-state index in [4.69, 9.17) is 5.26 Å². The molecule has 5 heteroatoms. The zero-order valence-electron chi connectivity index (χ0n) is 9.68. The van der Waals surface area contributed by atoms with Crippen molar-refractivity contribution in [3.8, 4) is 6.07 Å². The van der Waals surface area contributed by atoms with Gasteiger partial charge in [-0.15, -0.1) is 0 Å². The van der Waals surface area contributed by atoms with Crippen LogP contribution in [0.1, 0.15) is 18.5 Å².